The number of benzene rings is 1. The summed E-state index contributed by atoms with van der Waals surface area (Å²) in [4.78, 5) is 12.6. The number of carboxylic acid groups (broad SMARTS) is 1. The number of rotatable bonds is 4. The molecule has 5 nitrogen and oxygen atoms in total. The van der Waals surface area contributed by atoms with Crippen molar-refractivity contribution in [1.82, 2.24) is 4.90 Å². The SMILES string of the molecule is CC(C)(C)N(CCNc1cccc(Br)c1N)C(=O)O. The summed E-state index contributed by atoms with van der Waals surface area (Å²) in [5.74, 6) is 0. The Morgan fingerprint density at radius 2 is 2.11 bits per heavy atom. The topological polar surface area (TPSA) is 78.6 Å². The zero-order valence-electron chi connectivity index (χ0n) is 11.4. The van der Waals surface area contributed by atoms with Crippen molar-refractivity contribution in [2.45, 2.75) is 26.3 Å². The van der Waals surface area contributed by atoms with Gasteiger partial charge < -0.3 is 21.1 Å². The number of hydrogen-bond acceptors (Lipinski definition) is 3. The van der Waals surface area contributed by atoms with E-state index in [1.165, 1.54) is 4.90 Å². The molecule has 4 N–H and O–H groups in total. The fraction of sp³-hybridized carbons (Fsp3) is 0.462. The predicted octanol–water partition coefficient (Wildman–Crippen LogP) is 3.22. The molecule has 1 aromatic rings. The van der Waals surface area contributed by atoms with Crippen LogP contribution in [0.1, 0.15) is 20.8 Å². The number of halogens is 1. The Hall–Kier alpha value is -1.43. The maximum atomic E-state index is 11.2. The van der Waals surface area contributed by atoms with Gasteiger partial charge in [-0.05, 0) is 48.8 Å². The van der Waals surface area contributed by atoms with E-state index in [2.05, 4.69) is 21.2 Å². The van der Waals surface area contributed by atoms with E-state index in [4.69, 9.17) is 5.73 Å². The summed E-state index contributed by atoms with van der Waals surface area (Å²) < 4.78 is 0.823. The summed E-state index contributed by atoms with van der Waals surface area (Å²) in [7, 11) is 0. The van der Waals surface area contributed by atoms with Crippen molar-refractivity contribution < 1.29 is 9.90 Å². The van der Waals surface area contributed by atoms with Crippen LogP contribution in [0.3, 0.4) is 0 Å². The van der Waals surface area contributed by atoms with Crippen LogP contribution in [0, 0.1) is 0 Å². The number of nitrogens with one attached hydrogen (secondary N) is 1. The minimum atomic E-state index is -0.920. The highest BCUT2D eigenvalue weighted by atomic mass is 79.9. The van der Waals surface area contributed by atoms with Gasteiger partial charge in [0.2, 0.25) is 0 Å². The second-order valence-corrected chi connectivity index (χ2v) is 6.09. The minimum absolute atomic E-state index is 0.394. The van der Waals surface area contributed by atoms with E-state index in [1.54, 1.807) is 0 Å². The van der Waals surface area contributed by atoms with Gasteiger partial charge in [0.15, 0.2) is 0 Å². The second kappa shape index (κ2) is 6.14. The van der Waals surface area contributed by atoms with Crippen LogP contribution in [-0.2, 0) is 0 Å². The van der Waals surface area contributed by atoms with Crippen molar-refractivity contribution in [1.29, 1.82) is 0 Å². The number of nitrogens with two attached hydrogens (primary N) is 1. The molecule has 19 heavy (non-hydrogen) atoms. The number of nitrogens with zero attached hydrogens (tertiary/aromatic N) is 1. The number of para-hydroxylation sites is 1. The first kappa shape index (κ1) is 15.6. The molecule has 0 unspecified atom stereocenters. The Bertz CT molecular complexity index is 458. The van der Waals surface area contributed by atoms with Gasteiger partial charge in [-0.15, -0.1) is 0 Å². The fourth-order valence-electron chi connectivity index (χ4n) is 1.71. The van der Waals surface area contributed by atoms with Gasteiger partial charge in [0, 0.05) is 23.1 Å². The lowest BCUT2D eigenvalue weighted by atomic mass is 10.1. The van der Waals surface area contributed by atoms with Gasteiger partial charge in [-0.2, -0.15) is 0 Å². The first-order valence-electron chi connectivity index (χ1n) is 6.02. The van der Waals surface area contributed by atoms with E-state index in [0.717, 1.165) is 10.2 Å². The minimum Gasteiger partial charge on any atom is -0.465 e. The molecular formula is C13H20BrN3O2. The van der Waals surface area contributed by atoms with Crippen LogP contribution in [0.15, 0.2) is 22.7 Å². The summed E-state index contributed by atoms with van der Waals surface area (Å²) in [6.07, 6.45) is -0.920. The third-order valence-corrected chi connectivity index (χ3v) is 3.44. The molecule has 1 amide bonds. The zero-order valence-corrected chi connectivity index (χ0v) is 13.0. The Labute approximate surface area is 121 Å². The first-order chi connectivity index (χ1) is 8.73. The van der Waals surface area contributed by atoms with Gasteiger partial charge >= 0.3 is 6.09 Å². The van der Waals surface area contributed by atoms with Gasteiger partial charge in [0.25, 0.3) is 0 Å². The summed E-state index contributed by atoms with van der Waals surface area (Å²) in [6, 6.07) is 5.60. The first-order valence-corrected chi connectivity index (χ1v) is 6.81. The van der Waals surface area contributed by atoms with E-state index in [9.17, 15) is 9.90 Å². The molecule has 0 atom stereocenters. The molecule has 0 heterocycles. The molecule has 6 heteroatoms. The van der Waals surface area contributed by atoms with Crippen LogP contribution in [-0.4, -0.2) is 34.7 Å². The van der Waals surface area contributed by atoms with Gasteiger partial charge in [-0.25, -0.2) is 4.79 Å². The highest BCUT2D eigenvalue weighted by molar-refractivity contribution is 9.10. The van der Waals surface area contributed by atoms with Crippen LogP contribution in [0.4, 0.5) is 16.2 Å². The van der Waals surface area contributed by atoms with E-state index in [1.807, 2.05) is 39.0 Å². The maximum absolute atomic E-state index is 11.2. The van der Waals surface area contributed by atoms with E-state index < -0.39 is 11.6 Å². The molecule has 1 aromatic carbocycles. The van der Waals surface area contributed by atoms with E-state index in [-0.39, 0.29) is 0 Å². The van der Waals surface area contributed by atoms with Crippen molar-refractivity contribution in [3.05, 3.63) is 22.7 Å². The van der Waals surface area contributed by atoms with Crippen molar-refractivity contribution >= 4 is 33.4 Å². The smallest absolute Gasteiger partial charge is 0.407 e. The maximum Gasteiger partial charge on any atom is 0.407 e. The summed E-state index contributed by atoms with van der Waals surface area (Å²) in [6.45, 7) is 6.51. The molecule has 106 valence electrons. The molecule has 0 aliphatic rings. The molecule has 0 spiro atoms. The van der Waals surface area contributed by atoms with Crippen LogP contribution in [0.5, 0.6) is 0 Å². The Kier molecular flexibility index (Phi) is 5.05. The summed E-state index contributed by atoms with van der Waals surface area (Å²) >= 11 is 3.35. The molecule has 0 saturated heterocycles. The third-order valence-electron chi connectivity index (χ3n) is 2.74. The monoisotopic (exact) mass is 329 g/mol. The quantitative estimate of drug-likeness (QED) is 0.741. The van der Waals surface area contributed by atoms with Crippen LogP contribution < -0.4 is 11.1 Å². The molecule has 0 radical (unpaired) electrons. The van der Waals surface area contributed by atoms with E-state index >= 15 is 0 Å². The molecule has 0 bridgehead atoms. The molecule has 0 aromatic heterocycles. The number of amides is 1. The van der Waals surface area contributed by atoms with Gasteiger partial charge in [0.05, 0.1) is 11.4 Å². The predicted molar refractivity (Wildman–Crippen MR) is 81.5 cm³/mol. The standard InChI is InChI=1S/C13H20BrN3O2/c1-13(2,3)17(12(18)19)8-7-16-10-6-4-5-9(14)11(10)15/h4-6,16H,7-8,15H2,1-3H3,(H,18,19). The highest BCUT2D eigenvalue weighted by Gasteiger charge is 2.25. The molecule has 0 aliphatic heterocycles. The molecule has 0 aliphatic carbocycles. The van der Waals surface area contributed by atoms with Crippen LogP contribution >= 0.6 is 15.9 Å². The Morgan fingerprint density at radius 1 is 1.47 bits per heavy atom. The van der Waals surface area contributed by atoms with Crippen molar-refractivity contribution in [2.75, 3.05) is 24.1 Å². The molecule has 1 rings (SSSR count). The third kappa shape index (κ3) is 4.31. The van der Waals surface area contributed by atoms with Crippen LogP contribution in [0.25, 0.3) is 0 Å². The average Bonchev–Trinajstić information content (AvgIpc) is 2.27. The largest absolute Gasteiger partial charge is 0.465 e. The summed E-state index contributed by atoms with van der Waals surface area (Å²) in [5.41, 5.74) is 6.91. The number of hydrogen-bond donors (Lipinski definition) is 3. The number of anilines is 2. The summed E-state index contributed by atoms with van der Waals surface area (Å²) in [5, 5.41) is 12.3. The molecule has 0 saturated carbocycles. The average molecular weight is 330 g/mol. The molecular weight excluding hydrogens is 310 g/mol. The van der Waals surface area contributed by atoms with Crippen molar-refractivity contribution in [2.24, 2.45) is 0 Å². The second-order valence-electron chi connectivity index (χ2n) is 5.23. The van der Waals surface area contributed by atoms with E-state index in [0.29, 0.717) is 18.8 Å². The Balaban J connectivity index is 2.63. The lowest BCUT2D eigenvalue weighted by molar-refractivity contribution is 0.103. The Morgan fingerprint density at radius 3 is 2.63 bits per heavy atom. The van der Waals surface area contributed by atoms with Crippen molar-refractivity contribution in [3.8, 4) is 0 Å². The van der Waals surface area contributed by atoms with Gasteiger partial charge in [-0.3, -0.25) is 0 Å². The molecule has 0 fully saturated rings. The van der Waals surface area contributed by atoms with Gasteiger partial charge in [0.1, 0.15) is 0 Å². The number of nitrogen functional groups attached to an aromatic ring is 1. The normalized spacial score (nSPS) is 11.2. The lowest BCUT2D eigenvalue weighted by Gasteiger charge is -2.33. The van der Waals surface area contributed by atoms with Crippen LogP contribution in [0.2, 0.25) is 0 Å². The zero-order chi connectivity index (χ0) is 14.6. The number of carbonyl (C=O) groups is 1. The lowest BCUT2D eigenvalue weighted by Crippen LogP contribution is -2.47. The highest BCUT2D eigenvalue weighted by Crippen LogP contribution is 2.27. The van der Waals surface area contributed by atoms with Crippen molar-refractivity contribution in [3.63, 3.8) is 0 Å². The van der Waals surface area contributed by atoms with Gasteiger partial charge in [-0.1, -0.05) is 6.07 Å². The fourth-order valence-corrected chi connectivity index (χ4v) is 2.08.